The van der Waals surface area contributed by atoms with Gasteiger partial charge < -0.3 is 9.88 Å². The van der Waals surface area contributed by atoms with Gasteiger partial charge in [0.25, 0.3) is 0 Å². The van der Waals surface area contributed by atoms with E-state index in [4.69, 9.17) is 0 Å². The number of hydrogen-bond donors (Lipinski definition) is 1. The molecule has 6 nitrogen and oxygen atoms in total. The zero-order chi connectivity index (χ0) is 21.7. The minimum Gasteiger partial charge on any atom is -0.355 e. The summed E-state index contributed by atoms with van der Waals surface area (Å²) in [5.74, 6) is 1.44. The number of benzene rings is 2. The van der Waals surface area contributed by atoms with E-state index in [0.29, 0.717) is 13.1 Å². The van der Waals surface area contributed by atoms with E-state index >= 15 is 0 Å². The second kappa shape index (κ2) is 9.89. The number of aromatic nitrogens is 1. The Kier molecular flexibility index (Phi) is 6.99. The fourth-order valence-electron chi connectivity index (χ4n) is 3.99. The Morgan fingerprint density at radius 1 is 1.00 bits per heavy atom. The van der Waals surface area contributed by atoms with E-state index in [1.54, 1.807) is 11.8 Å². The number of amides is 1. The van der Waals surface area contributed by atoms with Crippen molar-refractivity contribution in [2.24, 2.45) is 0 Å². The summed E-state index contributed by atoms with van der Waals surface area (Å²) in [5, 5.41) is 5.07. The first-order valence-electron chi connectivity index (χ1n) is 10.5. The summed E-state index contributed by atoms with van der Waals surface area (Å²) < 4.78 is 28.6. The van der Waals surface area contributed by atoms with Gasteiger partial charge in [-0.15, -0.1) is 0 Å². The van der Waals surface area contributed by atoms with Crippen molar-refractivity contribution in [1.82, 2.24) is 14.2 Å². The normalized spacial score (nSPS) is 16.3. The lowest BCUT2D eigenvalue weighted by atomic mass is 9.96. The van der Waals surface area contributed by atoms with Crippen LogP contribution in [0.15, 0.2) is 67.0 Å². The number of sulfonamides is 1. The lowest BCUT2D eigenvalue weighted by Crippen LogP contribution is -2.42. The summed E-state index contributed by atoms with van der Waals surface area (Å²) >= 11 is 1.77. The van der Waals surface area contributed by atoms with Gasteiger partial charge in [-0.3, -0.25) is 4.79 Å². The third-order valence-electron chi connectivity index (χ3n) is 5.59. The fraction of sp³-hybridized carbons (Fsp3) is 0.348. The lowest BCUT2D eigenvalue weighted by molar-refractivity contribution is -0.121. The molecule has 0 aliphatic carbocycles. The van der Waals surface area contributed by atoms with Crippen molar-refractivity contribution in [1.29, 1.82) is 0 Å². The number of rotatable bonds is 8. The quantitative estimate of drug-likeness (QED) is 0.564. The number of carbonyl (C=O) groups excluding carboxylic acids is 1. The third kappa shape index (κ3) is 5.31. The van der Waals surface area contributed by atoms with E-state index in [2.05, 4.69) is 29.6 Å². The molecule has 2 heterocycles. The molecule has 1 atom stereocenters. The molecule has 0 radical (unpaired) electrons. The number of thioether (sulfide) groups is 1. The highest BCUT2D eigenvalue weighted by molar-refractivity contribution is 7.99. The summed E-state index contributed by atoms with van der Waals surface area (Å²) in [4.78, 5) is 12.8. The number of fused-ring (bicyclic) bond motifs is 1. The van der Waals surface area contributed by atoms with Crippen LogP contribution in [0.5, 0.6) is 0 Å². The average Bonchev–Trinajstić information content (AvgIpc) is 3.32. The SMILES string of the molecule is O=C(CC(c1cccc2ccccc12)n1cccc1)NCCS(=O)(=O)N1CCSCC1. The van der Waals surface area contributed by atoms with Gasteiger partial charge in [-0.2, -0.15) is 11.8 Å². The van der Waals surface area contributed by atoms with Crippen LogP contribution in [0.25, 0.3) is 10.8 Å². The summed E-state index contributed by atoms with van der Waals surface area (Å²) in [5.41, 5.74) is 1.07. The molecular weight excluding hydrogens is 430 g/mol. The minimum absolute atomic E-state index is 0.0636. The Balaban J connectivity index is 1.45. The van der Waals surface area contributed by atoms with E-state index in [0.717, 1.165) is 27.8 Å². The Morgan fingerprint density at radius 2 is 1.71 bits per heavy atom. The molecule has 1 saturated heterocycles. The molecule has 2 aromatic carbocycles. The molecule has 1 unspecified atom stereocenters. The van der Waals surface area contributed by atoms with Crippen molar-refractivity contribution in [3.63, 3.8) is 0 Å². The summed E-state index contributed by atoms with van der Waals surface area (Å²) in [6, 6.07) is 18.0. The molecule has 1 fully saturated rings. The van der Waals surface area contributed by atoms with Gasteiger partial charge >= 0.3 is 0 Å². The van der Waals surface area contributed by atoms with Gasteiger partial charge in [-0.1, -0.05) is 42.5 Å². The molecule has 3 aromatic rings. The predicted molar refractivity (Wildman–Crippen MR) is 127 cm³/mol. The van der Waals surface area contributed by atoms with E-state index in [-0.39, 0.29) is 30.7 Å². The summed E-state index contributed by atoms with van der Waals surface area (Å²) in [6.07, 6.45) is 4.15. The van der Waals surface area contributed by atoms with E-state index in [1.807, 2.05) is 47.3 Å². The highest BCUT2D eigenvalue weighted by Crippen LogP contribution is 2.29. The maximum Gasteiger partial charge on any atom is 0.222 e. The number of nitrogens with one attached hydrogen (secondary N) is 1. The van der Waals surface area contributed by atoms with Crippen LogP contribution in [0.2, 0.25) is 0 Å². The van der Waals surface area contributed by atoms with Crippen LogP contribution in [0.4, 0.5) is 0 Å². The van der Waals surface area contributed by atoms with Gasteiger partial charge in [0, 0.05) is 43.5 Å². The van der Waals surface area contributed by atoms with Gasteiger partial charge in [-0.25, -0.2) is 12.7 Å². The second-order valence-corrected chi connectivity index (χ2v) is 10.9. The van der Waals surface area contributed by atoms with Crippen LogP contribution in [-0.2, 0) is 14.8 Å². The van der Waals surface area contributed by atoms with Gasteiger partial charge in [-0.05, 0) is 28.5 Å². The Bertz CT molecular complexity index is 1120. The van der Waals surface area contributed by atoms with Crippen molar-refractivity contribution in [2.75, 3.05) is 36.9 Å². The molecule has 164 valence electrons. The molecule has 0 bridgehead atoms. The fourth-order valence-corrected chi connectivity index (χ4v) is 6.49. The monoisotopic (exact) mass is 457 g/mol. The van der Waals surface area contributed by atoms with Crippen LogP contribution >= 0.6 is 11.8 Å². The van der Waals surface area contributed by atoms with Gasteiger partial charge in [0.05, 0.1) is 18.2 Å². The molecule has 8 heteroatoms. The molecule has 1 amide bonds. The Morgan fingerprint density at radius 3 is 2.48 bits per heavy atom. The van der Waals surface area contributed by atoms with E-state index < -0.39 is 10.0 Å². The average molecular weight is 458 g/mol. The lowest BCUT2D eigenvalue weighted by Gasteiger charge is -2.25. The van der Waals surface area contributed by atoms with E-state index in [1.165, 1.54) is 4.31 Å². The molecular formula is C23H27N3O3S2. The molecule has 0 spiro atoms. The molecule has 0 saturated carbocycles. The van der Waals surface area contributed by atoms with Crippen molar-refractivity contribution in [2.45, 2.75) is 12.5 Å². The maximum absolute atomic E-state index is 12.8. The van der Waals surface area contributed by atoms with E-state index in [9.17, 15) is 13.2 Å². The third-order valence-corrected chi connectivity index (χ3v) is 8.41. The van der Waals surface area contributed by atoms with Gasteiger partial charge in [0.2, 0.25) is 15.9 Å². The molecule has 1 aromatic heterocycles. The Labute approximate surface area is 187 Å². The zero-order valence-electron chi connectivity index (χ0n) is 17.3. The van der Waals surface area contributed by atoms with Crippen molar-refractivity contribution < 1.29 is 13.2 Å². The first-order chi connectivity index (χ1) is 15.0. The topological polar surface area (TPSA) is 71.4 Å². The second-order valence-electron chi connectivity index (χ2n) is 7.60. The van der Waals surface area contributed by atoms with Crippen LogP contribution in [0.3, 0.4) is 0 Å². The Hall–Kier alpha value is -2.29. The summed E-state index contributed by atoms with van der Waals surface area (Å²) in [7, 11) is -3.33. The smallest absolute Gasteiger partial charge is 0.222 e. The molecule has 31 heavy (non-hydrogen) atoms. The van der Waals surface area contributed by atoms with Crippen LogP contribution < -0.4 is 5.32 Å². The standard InChI is InChI=1S/C23H27N3O3S2/c27-23(24-10-17-31(28,29)26-13-15-30-16-14-26)18-22(25-11-3-4-12-25)21-9-5-7-19-6-1-2-8-20(19)21/h1-9,11-12,22H,10,13-18H2,(H,24,27). The first-order valence-corrected chi connectivity index (χ1v) is 13.2. The number of nitrogens with zero attached hydrogens (tertiary/aromatic N) is 2. The number of carbonyl (C=O) groups is 1. The molecule has 1 N–H and O–H groups in total. The summed E-state index contributed by atoms with van der Waals surface area (Å²) in [6.45, 7) is 1.23. The highest BCUT2D eigenvalue weighted by atomic mass is 32.2. The van der Waals surface area contributed by atoms with Gasteiger partial charge in [0.15, 0.2) is 0 Å². The highest BCUT2D eigenvalue weighted by Gasteiger charge is 2.24. The zero-order valence-corrected chi connectivity index (χ0v) is 18.9. The largest absolute Gasteiger partial charge is 0.355 e. The van der Waals surface area contributed by atoms with Crippen LogP contribution in [0.1, 0.15) is 18.0 Å². The van der Waals surface area contributed by atoms with Gasteiger partial charge in [0.1, 0.15) is 0 Å². The van der Waals surface area contributed by atoms with Crippen molar-refractivity contribution >= 4 is 38.5 Å². The van der Waals surface area contributed by atoms with Crippen LogP contribution in [-0.4, -0.2) is 60.1 Å². The molecule has 4 rings (SSSR count). The molecule has 1 aliphatic rings. The van der Waals surface area contributed by atoms with Crippen molar-refractivity contribution in [3.8, 4) is 0 Å². The minimum atomic E-state index is -3.33. The number of hydrogen-bond acceptors (Lipinski definition) is 4. The first kappa shape index (κ1) is 21.9. The molecule has 1 aliphatic heterocycles. The van der Waals surface area contributed by atoms with Crippen molar-refractivity contribution in [3.05, 3.63) is 72.6 Å². The maximum atomic E-state index is 12.8. The van der Waals surface area contributed by atoms with Crippen LogP contribution in [0, 0.1) is 0 Å². The predicted octanol–water partition coefficient (Wildman–Crippen LogP) is 3.12.